The molecule has 0 saturated carbocycles. The van der Waals surface area contributed by atoms with E-state index in [0.717, 1.165) is 6.07 Å². The number of hydrogen-bond donors (Lipinski definition) is 3. The monoisotopic (exact) mass is 360 g/mol. The minimum absolute atomic E-state index is 0.135. The minimum Gasteiger partial charge on any atom is -0.508 e. The lowest BCUT2D eigenvalue weighted by Crippen LogP contribution is -2.60. The number of pyridine rings is 1. The van der Waals surface area contributed by atoms with Crippen LogP contribution in [0.2, 0.25) is 0 Å². The Morgan fingerprint density at radius 1 is 1.28 bits per heavy atom. The molecule has 6 nitrogen and oxygen atoms in total. The lowest BCUT2D eigenvalue weighted by atomic mass is 9.75. The molecular formula is C18H20N2O4S. The molecule has 0 bridgehead atoms. The average Bonchev–Trinajstić information content (AvgIpc) is 2.49. The molecule has 2 heterocycles. The van der Waals surface area contributed by atoms with Crippen molar-refractivity contribution in [1.29, 1.82) is 0 Å². The van der Waals surface area contributed by atoms with Gasteiger partial charge in [-0.3, -0.25) is 4.79 Å². The maximum Gasteiger partial charge on any atom is 0.254 e. The molecular weight excluding hydrogens is 340 g/mol. The second-order valence-electron chi connectivity index (χ2n) is 6.91. The number of aromatic hydroxyl groups is 1. The zero-order valence-electron chi connectivity index (χ0n) is 14.2. The molecule has 3 rings (SSSR count). The molecule has 4 N–H and O–H groups in total. The Bertz CT molecular complexity index is 918. The van der Waals surface area contributed by atoms with Gasteiger partial charge < -0.3 is 25.3 Å². The Morgan fingerprint density at radius 2 is 1.96 bits per heavy atom. The molecule has 132 valence electrons. The van der Waals surface area contributed by atoms with Gasteiger partial charge in [-0.15, -0.1) is 0 Å². The van der Waals surface area contributed by atoms with Crippen molar-refractivity contribution in [2.75, 3.05) is 0 Å². The Hall–Kier alpha value is -2.38. The maximum absolute atomic E-state index is 12.5. The van der Waals surface area contributed by atoms with Gasteiger partial charge in [-0.25, -0.2) is 0 Å². The van der Waals surface area contributed by atoms with Crippen LogP contribution in [0.1, 0.15) is 37.9 Å². The molecule has 1 aliphatic rings. The molecule has 7 heteroatoms. The van der Waals surface area contributed by atoms with Crippen LogP contribution in [0.3, 0.4) is 0 Å². The molecule has 0 aliphatic carbocycles. The van der Waals surface area contributed by atoms with Gasteiger partial charge in [-0.05, 0) is 45.0 Å². The van der Waals surface area contributed by atoms with E-state index in [-0.39, 0.29) is 10.7 Å². The topological polar surface area (TPSA) is 97.7 Å². The molecule has 1 aromatic heterocycles. The summed E-state index contributed by atoms with van der Waals surface area (Å²) in [5.41, 5.74) is 4.12. The van der Waals surface area contributed by atoms with Crippen LogP contribution in [0.4, 0.5) is 0 Å². The number of hydrogen-bond acceptors (Lipinski definition) is 5. The van der Waals surface area contributed by atoms with Gasteiger partial charge in [0.2, 0.25) is 0 Å². The number of aromatic nitrogens is 1. The van der Waals surface area contributed by atoms with E-state index >= 15 is 0 Å². The first-order valence-electron chi connectivity index (χ1n) is 7.81. The second kappa shape index (κ2) is 5.57. The van der Waals surface area contributed by atoms with Gasteiger partial charge in [-0.2, -0.15) is 0 Å². The molecule has 0 amide bonds. The Labute approximate surface area is 150 Å². The largest absolute Gasteiger partial charge is 0.508 e. The third kappa shape index (κ3) is 2.69. The summed E-state index contributed by atoms with van der Waals surface area (Å²) in [5.74, 6) is 0.408. The van der Waals surface area contributed by atoms with Crippen molar-refractivity contribution in [2.24, 2.45) is 5.73 Å². The normalized spacial score (nSPS) is 24.2. The Balaban J connectivity index is 2.32. The molecule has 25 heavy (non-hydrogen) atoms. The van der Waals surface area contributed by atoms with Crippen LogP contribution >= 0.6 is 12.2 Å². The smallest absolute Gasteiger partial charge is 0.254 e. The third-order valence-corrected chi connectivity index (χ3v) is 5.15. The van der Waals surface area contributed by atoms with Gasteiger partial charge in [0.05, 0.1) is 6.04 Å². The highest BCUT2D eigenvalue weighted by Gasteiger charge is 2.53. The van der Waals surface area contributed by atoms with E-state index in [1.165, 1.54) is 16.8 Å². The average molecular weight is 360 g/mol. The number of rotatable bonds is 2. The summed E-state index contributed by atoms with van der Waals surface area (Å²) in [4.78, 5) is 12.7. The summed E-state index contributed by atoms with van der Waals surface area (Å²) in [6.07, 6.45) is 1.45. The fourth-order valence-corrected chi connectivity index (χ4v) is 3.26. The first-order valence-corrected chi connectivity index (χ1v) is 8.22. The summed E-state index contributed by atoms with van der Waals surface area (Å²) < 4.78 is 7.37. The Kier molecular flexibility index (Phi) is 3.89. The highest BCUT2D eigenvalue weighted by atomic mass is 32.1. The van der Waals surface area contributed by atoms with Crippen LogP contribution in [-0.4, -0.2) is 31.0 Å². The molecule has 0 spiro atoms. The predicted octanol–water partition coefficient (Wildman–Crippen LogP) is 1.70. The van der Waals surface area contributed by atoms with E-state index in [0.29, 0.717) is 16.9 Å². The summed E-state index contributed by atoms with van der Waals surface area (Å²) in [6.45, 7) is 5.14. The van der Waals surface area contributed by atoms with Gasteiger partial charge >= 0.3 is 0 Å². The van der Waals surface area contributed by atoms with Crippen molar-refractivity contribution < 1.29 is 14.9 Å². The van der Waals surface area contributed by atoms with Gasteiger partial charge in [0.15, 0.2) is 0 Å². The van der Waals surface area contributed by atoms with Crippen LogP contribution in [-0.2, 0) is 0 Å². The zero-order valence-corrected chi connectivity index (χ0v) is 15.0. The molecule has 0 fully saturated rings. The van der Waals surface area contributed by atoms with Gasteiger partial charge in [0.25, 0.3) is 5.56 Å². The highest BCUT2D eigenvalue weighted by Crippen LogP contribution is 2.47. The number of aliphatic hydroxyl groups is 1. The number of ether oxygens (including phenoxy) is 1. The lowest BCUT2D eigenvalue weighted by molar-refractivity contribution is -0.139. The molecule has 2 aromatic rings. The van der Waals surface area contributed by atoms with E-state index < -0.39 is 22.8 Å². The maximum atomic E-state index is 12.5. The molecule has 1 aromatic carbocycles. The van der Waals surface area contributed by atoms with Crippen molar-refractivity contribution in [3.63, 3.8) is 0 Å². The van der Waals surface area contributed by atoms with Gasteiger partial charge in [0, 0.05) is 23.4 Å². The number of thiocarbonyl (C=S) groups is 1. The summed E-state index contributed by atoms with van der Waals surface area (Å²) >= 11 is 5.04. The predicted molar refractivity (Wildman–Crippen MR) is 98.2 cm³/mol. The van der Waals surface area contributed by atoms with Crippen molar-refractivity contribution >= 4 is 17.2 Å². The molecule has 0 saturated heterocycles. The van der Waals surface area contributed by atoms with E-state index in [9.17, 15) is 15.0 Å². The highest BCUT2D eigenvalue weighted by molar-refractivity contribution is 7.80. The summed E-state index contributed by atoms with van der Waals surface area (Å²) in [7, 11) is 0. The molecule has 2 unspecified atom stereocenters. The van der Waals surface area contributed by atoms with E-state index in [4.69, 9.17) is 22.7 Å². The van der Waals surface area contributed by atoms with E-state index in [1.807, 2.05) is 0 Å². The SMILES string of the molecule is CC1(C)Oc2ccc(C(N)=S)cc2C(n2ccc(O)cc2=O)C1(C)O. The third-order valence-electron chi connectivity index (χ3n) is 4.92. The fraction of sp³-hybridized carbons (Fsp3) is 0.333. The summed E-state index contributed by atoms with van der Waals surface area (Å²) in [5, 5.41) is 20.8. The van der Waals surface area contributed by atoms with Crippen LogP contribution in [0.5, 0.6) is 11.5 Å². The van der Waals surface area contributed by atoms with Gasteiger partial charge in [-0.1, -0.05) is 12.2 Å². The number of benzene rings is 1. The lowest BCUT2D eigenvalue weighted by Gasteiger charge is -2.50. The summed E-state index contributed by atoms with van der Waals surface area (Å²) in [6, 6.07) is 6.97. The molecule has 2 atom stereocenters. The first-order chi connectivity index (χ1) is 11.5. The van der Waals surface area contributed by atoms with Crippen molar-refractivity contribution in [2.45, 2.75) is 38.0 Å². The second-order valence-corrected chi connectivity index (χ2v) is 7.35. The van der Waals surface area contributed by atoms with Gasteiger partial charge in [0.1, 0.15) is 27.7 Å². The number of nitrogens with two attached hydrogens (primary N) is 1. The quantitative estimate of drug-likeness (QED) is 0.705. The number of fused-ring (bicyclic) bond motifs is 1. The first kappa shape index (κ1) is 17.4. The Morgan fingerprint density at radius 3 is 2.56 bits per heavy atom. The van der Waals surface area contributed by atoms with Crippen molar-refractivity contribution in [3.8, 4) is 11.5 Å². The fourth-order valence-electron chi connectivity index (χ4n) is 3.13. The van der Waals surface area contributed by atoms with Crippen LogP contribution in [0.25, 0.3) is 0 Å². The molecule has 1 aliphatic heterocycles. The molecule has 0 radical (unpaired) electrons. The van der Waals surface area contributed by atoms with Crippen molar-refractivity contribution in [1.82, 2.24) is 4.57 Å². The van der Waals surface area contributed by atoms with Crippen LogP contribution in [0, 0.1) is 0 Å². The standard InChI is InChI=1S/C18H20N2O4S/c1-17(2)18(3,23)15(20-7-6-11(21)9-14(20)22)12-8-10(16(19)25)4-5-13(12)24-17/h4-9,15,21,23H,1-3H3,(H2,19,25). The minimum atomic E-state index is -1.42. The van der Waals surface area contributed by atoms with Crippen LogP contribution < -0.4 is 16.0 Å². The van der Waals surface area contributed by atoms with Crippen LogP contribution in [0.15, 0.2) is 41.3 Å². The van der Waals surface area contributed by atoms with E-state index in [2.05, 4.69) is 0 Å². The number of nitrogens with zero attached hydrogens (tertiary/aromatic N) is 1. The zero-order chi connectivity index (χ0) is 18.6. The van der Waals surface area contributed by atoms with Crippen molar-refractivity contribution in [3.05, 3.63) is 58.0 Å². The van der Waals surface area contributed by atoms with E-state index in [1.54, 1.807) is 39.0 Å².